The highest BCUT2D eigenvalue weighted by Gasteiger charge is 2.10. The molecule has 0 atom stereocenters. The molecule has 1 aromatic carbocycles. The zero-order valence-electron chi connectivity index (χ0n) is 9.71. The maximum absolute atomic E-state index is 3.38. The Morgan fingerprint density at radius 3 is 2.60 bits per heavy atom. The van der Waals surface area contributed by atoms with Gasteiger partial charge in [-0.25, -0.2) is 0 Å². The fourth-order valence-electron chi connectivity index (χ4n) is 2.20. The standard InChI is InChI=1S/C13H20N2/c1-3-12-4-5-13(10-11(12)2)15-8-6-14-7-9-15/h4-5,10,14H,3,6-9H2,1-2H3. The molecule has 1 N–H and O–H groups in total. The van der Waals surface area contributed by atoms with Gasteiger partial charge in [-0.1, -0.05) is 13.0 Å². The van der Waals surface area contributed by atoms with Crippen LogP contribution in [0.5, 0.6) is 0 Å². The van der Waals surface area contributed by atoms with Gasteiger partial charge in [0.15, 0.2) is 0 Å². The number of rotatable bonds is 2. The van der Waals surface area contributed by atoms with E-state index in [0.29, 0.717) is 0 Å². The van der Waals surface area contributed by atoms with Crippen LogP contribution in [0.1, 0.15) is 18.1 Å². The van der Waals surface area contributed by atoms with Crippen LogP contribution in [-0.2, 0) is 6.42 Å². The molecular formula is C13H20N2. The zero-order valence-corrected chi connectivity index (χ0v) is 9.71. The summed E-state index contributed by atoms with van der Waals surface area (Å²) in [5.74, 6) is 0. The third-order valence-corrected chi connectivity index (χ3v) is 3.19. The molecule has 0 spiro atoms. The van der Waals surface area contributed by atoms with Crippen LogP contribution in [0.4, 0.5) is 5.69 Å². The van der Waals surface area contributed by atoms with Crippen LogP contribution in [0.2, 0.25) is 0 Å². The molecule has 0 aromatic heterocycles. The second kappa shape index (κ2) is 4.67. The van der Waals surface area contributed by atoms with Crippen LogP contribution >= 0.6 is 0 Å². The van der Waals surface area contributed by atoms with Crippen LogP contribution in [0.25, 0.3) is 0 Å². The largest absolute Gasteiger partial charge is 0.369 e. The van der Waals surface area contributed by atoms with Crippen LogP contribution in [0.15, 0.2) is 18.2 Å². The van der Waals surface area contributed by atoms with E-state index in [1.165, 1.54) is 16.8 Å². The van der Waals surface area contributed by atoms with Gasteiger partial charge < -0.3 is 10.2 Å². The number of nitrogens with one attached hydrogen (secondary N) is 1. The van der Waals surface area contributed by atoms with Crippen molar-refractivity contribution in [3.8, 4) is 0 Å². The van der Waals surface area contributed by atoms with E-state index in [1.54, 1.807) is 0 Å². The zero-order chi connectivity index (χ0) is 10.7. The molecule has 1 aromatic rings. The van der Waals surface area contributed by atoms with Gasteiger partial charge in [0.1, 0.15) is 0 Å². The first kappa shape index (κ1) is 10.5. The van der Waals surface area contributed by atoms with E-state index in [2.05, 4.69) is 42.3 Å². The van der Waals surface area contributed by atoms with Crippen molar-refractivity contribution in [2.24, 2.45) is 0 Å². The maximum Gasteiger partial charge on any atom is 0.0369 e. The quantitative estimate of drug-likeness (QED) is 0.792. The Kier molecular flexibility index (Phi) is 3.27. The lowest BCUT2D eigenvalue weighted by molar-refractivity contribution is 0.589. The van der Waals surface area contributed by atoms with Crippen molar-refractivity contribution in [2.45, 2.75) is 20.3 Å². The van der Waals surface area contributed by atoms with Gasteiger partial charge in [0, 0.05) is 31.9 Å². The number of aryl methyl sites for hydroxylation is 2. The van der Waals surface area contributed by atoms with Gasteiger partial charge in [-0.2, -0.15) is 0 Å². The summed E-state index contributed by atoms with van der Waals surface area (Å²) in [6, 6.07) is 6.86. The average Bonchev–Trinajstić information content (AvgIpc) is 2.30. The van der Waals surface area contributed by atoms with Crippen LogP contribution in [0, 0.1) is 6.92 Å². The SMILES string of the molecule is CCc1ccc(N2CCNCC2)cc1C. The molecular weight excluding hydrogens is 184 g/mol. The van der Waals surface area contributed by atoms with E-state index >= 15 is 0 Å². The number of hydrogen-bond donors (Lipinski definition) is 1. The van der Waals surface area contributed by atoms with Crippen LogP contribution in [0.3, 0.4) is 0 Å². The van der Waals surface area contributed by atoms with Crippen molar-refractivity contribution in [1.82, 2.24) is 5.32 Å². The van der Waals surface area contributed by atoms with Gasteiger partial charge in [-0.05, 0) is 36.6 Å². The summed E-state index contributed by atoms with van der Waals surface area (Å²) in [6.45, 7) is 8.90. The highest BCUT2D eigenvalue weighted by atomic mass is 15.2. The van der Waals surface area contributed by atoms with Crippen molar-refractivity contribution in [2.75, 3.05) is 31.1 Å². The van der Waals surface area contributed by atoms with Crippen molar-refractivity contribution < 1.29 is 0 Å². The predicted molar refractivity (Wildman–Crippen MR) is 65.6 cm³/mol. The Labute approximate surface area is 92.3 Å². The molecule has 0 bridgehead atoms. The van der Waals surface area contributed by atoms with Crippen molar-refractivity contribution in [1.29, 1.82) is 0 Å². The number of hydrogen-bond acceptors (Lipinski definition) is 2. The number of nitrogens with zero attached hydrogens (tertiary/aromatic N) is 1. The Bertz CT molecular complexity index is 327. The van der Waals surface area contributed by atoms with E-state index in [-0.39, 0.29) is 0 Å². The van der Waals surface area contributed by atoms with Crippen LogP contribution < -0.4 is 10.2 Å². The van der Waals surface area contributed by atoms with E-state index in [1.807, 2.05) is 0 Å². The molecule has 0 amide bonds. The molecule has 2 nitrogen and oxygen atoms in total. The van der Waals surface area contributed by atoms with Gasteiger partial charge in [-0.3, -0.25) is 0 Å². The van der Waals surface area contributed by atoms with E-state index < -0.39 is 0 Å². The summed E-state index contributed by atoms with van der Waals surface area (Å²) >= 11 is 0. The minimum Gasteiger partial charge on any atom is -0.369 e. The monoisotopic (exact) mass is 204 g/mol. The first-order chi connectivity index (χ1) is 7.31. The maximum atomic E-state index is 3.38. The third kappa shape index (κ3) is 2.32. The second-order valence-electron chi connectivity index (χ2n) is 4.20. The summed E-state index contributed by atoms with van der Waals surface area (Å²) < 4.78 is 0. The second-order valence-corrected chi connectivity index (χ2v) is 4.20. The number of benzene rings is 1. The minimum atomic E-state index is 1.11. The molecule has 0 saturated carbocycles. The summed E-state index contributed by atoms with van der Waals surface area (Å²) in [5.41, 5.74) is 4.27. The smallest absolute Gasteiger partial charge is 0.0369 e. The van der Waals surface area contributed by atoms with Gasteiger partial charge in [0.25, 0.3) is 0 Å². The Morgan fingerprint density at radius 1 is 1.27 bits per heavy atom. The Hall–Kier alpha value is -1.02. The third-order valence-electron chi connectivity index (χ3n) is 3.19. The molecule has 1 saturated heterocycles. The highest BCUT2D eigenvalue weighted by molar-refractivity contribution is 5.51. The lowest BCUT2D eigenvalue weighted by Gasteiger charge is -2.30. The molecule has 0 aliphatic carbocycles. The fraction of sp³-hybridized carbons (Fsp3) is 0.538. The minimum absolute atomic E-state index is 1.11. The topological polar surface area (TPSA) is 15.3 Å². The number of piperazine rings is 1. The van der Waals surface area contributed by atoms with Gasteiger partial charge >= 0.3 is 0 Å². The van der Waals surface area contributed by atoms with Gasteiger partial charge in [0.05, 0.1) is 0 Å². The summed E-state index contributed by atoms with van der Waals surface area (Å²) in [6.07, 6.45) is 1.13. The van der Waals surface area contributed by atoms with E-state index in [4.69, 9.17) is 0 Å². The summed E-state index contributed by atoms with van der Waals surface area (Å²) in [4.78, 5) is 2.46. The molecule has 82 valence electrons. The van der Waals surface area contributed by atoms with E-state index in [9.17, 15) is 0 Å². The van der Waals surface area contributed by atoms with Gasteiger partial charge in [-0.15, -0.1) is 0 Å². The molecule has 1 aliphatic rings. The lowest BCUT2D eigenvalue weighted by Crippen LogP contribution is -2.43. The number of anilines is 1. The van der Waals surface area contributed by atoms with Crippen LogP contribution in [-0.4, -0.2) is 26.2 Å². The van der Waals surface area contributed by atoms with Crippen molar-refractivity contribution in [3.05, 3.63) is 29.3 Å². The van der Waals surface area contributed by atoms with Crippen molar-refractivity contribution in [3.63, 3.8) is 0 Å². The lowest BCUT2D eigenvalue weighted by atomic mass is 10.1. The fourth-order valence-corrected chi connectivity index (χ4v) is 2.20. The molecule has 1 aliphatic heterocycles. The molecule has 2 heteroatoms. The molecule has 2 rings (SSSR count). The molecule has 1 heterocycles. The van der Waals surface area contributed by atoms with Gasteiger partial charge in [0.2, 0.25) is 0 Å². The molecule has 0 unspecified atom stereocenters. The molecule has 1 fully saturated rings. The summed E-state index contributed by atoms with van der Waals surface area (Å²) in [7, 11) is 0. The first-order valence-corrected chi connectivity index (χ1v) is 5.86. The molecule has 15 heavy (non-hydrogen) atoms. The first-order valence-electron chi connectivity index (χ1n) is 5.86. The average molecular weight is 204 g/mol. The normalized spacial score (nSPS) is 16.8. The van der Waals surface area contributed by atoms with Crippen molar-refractivity contribution >= 4 is 5.69 Å². The molecule has 0 radical (unpaired) electrons. The van der Waals surface area contributed by atoms with E-state index in [0.717, 1.165) is 32.6 Å². The summed E-state index contributed by atoms with van der Waals surface area (Å²) in [5, 5.41) is 3.38. The highest BCUT2D eigenvalue weighted by Crippen LogP contribution is 2.19. The Morgan fingerprint density at radius 2 is 2.00 bits per heavy atom. The Balaban J connectivity index is 2.17. The predicted octanol–water partition coefficient (Wildman–Crippen LogP) is 1.97.